The Balaban J connectivity index is 1.80. The van der Waals surface area contributed by atoms with E-state index in [9.17, 15) is 0 Å². The lowest BCUT2D eigenvalue weighted by Gasteiger charge is -2.03. The van der Waals surface area contributed by atoms with E-state index in [-0.39, 0.29) is 0 Å². The summed E-state index contributed by atoms with van der Waals surface area (Å²) in [6.07, 6.45) is 0. The van der Waals surface area contributed by atoms with Crippen LogP contribution in [0.4, 0.5) is 0 Å². The SMILES string of the molecule is Clc1ccc(-n2nnnc2SCc2nnsc2Cl)cc1. The van der Waals surface area contributed by atoms with Crippen LogP contribution in [-0.2, 0) is 5.75 Å². The van der Waals surface area contributed by atoms with Crippen molar-refractivity contribution in [2.45, 2.75) is 10.9 Å². The van der Waals surface area contributed by atoms with Crippen molar-refractivity contribution in [1.29, 1.82) is 0 Å². The lowest BCUT2D eigenvalue weighted by Crippen LogP contribution is -1.99. The van der Waals surface area contributed by atoms with Gasteiger partial charge in [0.05, 0.1) is 5.69 Å². The van der Waals surface area contributed by atoms with Gasteiger partial charge in [-0.25, -0.2) is 0 Å². The van der Waals surface area contributed by atoms with E-state index in [1.54, 1.807) is 16.8 Å². The van der Waals surface area contributed by atoms with E-state index in [4.69, 9.17) is 23.2 Å². The minimum absolute atomic E-state index is 0.559. The molecule has 0 aliphatic carbocycles. The molecule has 3 aromatic rings. The first kappa shape index (κ1) is 13.7. The molecule has 1 aromatic carbocycles. The van der Waals surface area contributed by atoms with Crippen molar-refractivity contribution in [3.8, 4) is 5.69 Å². The molecule has 0 fully saturated rings. The summed E-state index contributed by atoms with van der Waals surface area (Å²) in [7, 11) is 0. The van der Waals surface area contributed by atoms with E-state index < -0.39 is 0 Å². The van der Waals surface area contributed by atoms with Crippen molar-refractivity contribution in [3.05, 3.63) is 39.3 Å². The van der Waals surface area contributed by atoms with Gasteiger partial charge in [0.2, 0.25) is 5.16 Å². The lowest BCUT2D eigenvalue weighted by atomic mass is 10.3. The van der Waals surface area contributed by atoms with Crippen molar-refractivity contribution in [2.24, 2.45) is 0 Å². The first-order valence-electron chi connectivity index (χ1n) is 5.38. The maximum absolute atomic E-state index is 5.96. The van der Waals surface area contributed by atoms with Crippen molar-refractivity contribution in [2.75, 3.05) is 0 Å². The molecule has 0 spiro atoms. The van der Waals surface area contributed by atoms with E-state index >= 15 is 0 Å². The molecule has 3 rings (SSSR count). The summed E-state index contributed by atoms with van der Waals surface area (Å²) in [6.45, 7) is 0. The van der Waals surface area contributed by atoms with E-state index in [0.29, 0.717) is 20.3 Å². The van der Waals surface area contributed by atoms with Crippen molar-refractivity contribution in [3.63, 3.8) is 0 Å². The van der Waals surface area contributed by atoms with Crippen LogP contribution in [0.3, 0.4) is 0 Å². The van der Waals surface area contributed by atoms with Gasteiger partial charge in [0.1, 0.15) is 10.0 Å². The van der Waals surface area contributed by atoms with Crippen molar-refractivity contribution >= 4 is 46.5 Å². The summed E-state index contributed by atoms with van der Waals surface area (Å²) in [5, 5.41) is 16.9. The first-order chi connectivity index (χ1) is 9.74. The minimum Gasteiger partial charge on any atom is -0.187 e. The van der Waals surface area contributed by atoms with Gasteiger partial charge in [-0.1, -0.05) is 39.5 Å². The quantitative estimate of drug-likeness (QED) is 0.677. The second-order valence-electron chi connectivity index (χ2n) is 3.63. The number of halogens is 2. The smallest absolute Gasteiger partial charge is 0.187 e. The zero-order valence-corrected chi connectivity index (χ0v) is 12.9. The summed E-state index contributed by atoms with van der Waals surface area (Å²) in [6, 6.07) is 7.27. The lowest BCUT2D eigenvalue weighted by molar-refractivity contribution is 0.756. The molecule has 0 amide bonds. The number of tetrazole rings is 1. The number of nitrogens with zero attached hydrogens (tertiary/aromatic N) is 6. The predicted octanol–water partition coefficient (Wildman–Crippen LogP) is 3.11. The molecule has 0 saturated carbocycles. The normalized spacial score (nSPS) is 10.9. The number of thioether (sulfide) groups is 1. The van der Waals surface area contributed by atoms with Crippen molar-refractivity contribution in [1.82, 2.24) is 29.8 Å². The Labute approximate surface area is 132 Å². The molecule has 0 aliphatic rings. The fourth-order valence-corrected chi connectivity index (χ4v) is 3.18. The van der Waals surface area contributed by atoms with Gasteiger partial charge >= 0.3 is 0 Å². The largest absolute Gasteiger partial charge is 0.214 e. The van der Waals surface area contributed by atoms with Gasteiger partial charge in [0, 0.05) is 22.3 Å². The third-order valence-corrected chi connectivity index (χ3v) is 4.53. The van der Waals surface area contributed by atoms with Crippen LogP contribution in [0.2, 0.25) is 9.36 Å². The molecular formula is C10H6Cl2N6S2. The second kappa shape index (κ2) is 6.04. The summed E-state index contributed by atoms with van der Waals surface area (Å²) in [5.74, 6) is 0.559. The summed E-state index contributed by atoms with van der Waals surface area (Å²) >= 11 is 14.4. The van der Waals surface area contributed by atoms with E-state index in [0.717, 1.165) is 22.9 Å². The van der Waals surface area contributed by atoms with Gasteiger partial charge in [0.15, 0.2) is 0 Å². The summed E-state index contributed by atoms with van der Waals surface area (Å²) in [4.78, 5) is 0. The van der Waals surface area contributed by atoms with Crippen LogP contribution < -0.4 is 0 Å². The number of benzene rings is 1. The van der Waals surface area contributed by atoms with Crippen LogP contribution in [-0.4, -0.2) is 29.8 Å². The van der Waals surface area contributed by atoms with Crippen LogP contribution in [0.1, 0.15) is 5.69 Å². The fraction of sp³-hybridized carbons (Fsp3) is 0.100. The maximum Gasteiger partial charge on any atom is 0.214 e. The second-order valence-corrected chi connectivity index (χ2v) is 6.37. The van der Waals surface area contributed by atoms with Gasteiger partial charge in [0.25, 0.3) is 0 Å². The highest BCUT2D eigenvalue weighted by molar-refractivity contribution is 7.98. The molecule has 10 heteroatoms. The average molecular weight is 345 g/mol. The Morgan fingerprint density at radius 3 is 2.65 bits per heavy atom. The zero-order chi connectivity index (χ0) is 13.9. The van der Waals surface area contributed by atoms with E-state index in [2.05, 4.69) is 25.1 Å². The molecule has 6 nitrogen and oxygen atoms in total. The Kier molecular flexibility index (Phi) is 4.16. The highest BCUT2D eigenvalue weighted by Crippen LogP contribution is 2.26. The molecule has 102 valence electrons. The molecule has 0 atom stereocenters. The van der Waals surface area contributed by atoms with Crippen LogP contribution in [0.5, 0.6) is 0 Å². The minimum atomic E-state index is 0.559. The molecule has 2 aromatic heterocycles. The van der Waals surface area contributed by atoms with Gasteiger partial charge in [-0.15, -0.1) is 10.2 Å². The molecule has 0 bridgehead atoms. The van der Waals surface area contributed by atoms with Gasteiger partial charge in [-0.3, -0.25) is 0 Å². The number of aromatic nitrogens is 6. The average Bonchev–Trinajstić information content (AvgIpc) is 3.06. The monoisotopic (exact) mass is 344 g/mol. The molecule has 20 heavy (non-hydrogen) atoms. The highest BCUT2D eigenvalue weighted by Gasteiger charge is 2.12. The van der Waals surface area contributed by atoms with Crippen LogP contribution in [0.15, 0.2) is 29.4 Å². The molecule has 0 saturated heterocycles. The Morgan fingerprint density at radius 2 is 1.95 bits per heavy atom. The van der Waals surface area contributed by atoms with Gasteiger partial charge in [-0.2, -0.15) is 4.68 Å². The Morgan fingerprint density at radius 1 is 1.15 bits per heavy atom. The van der Waals surface area contributed by atoms with E-state index in [1.165, 1.54) is 11.8 Å². The molecule has 0 radical (unpaired) electrons. The van der Waals surface area contributed by atoms with Gasteiger partial charge < -0.3 is 0 Å². The third kappa shape index (κ3) is 2.93. The van der Waals surface area contributed by atoms with Crippen LogP contribution in [0.25, 0.3) is 5.69 Å². The summed E-state index contributed by atoms with van der Waals surface area (Å²) < 4.78 is 6.00. The van der Waals surface area contributed by atoms with Gasteiger partial charge in [-0.05, 0) is 34.7 Å². The number of hydrogen-bond donors (Lipinski definition) is 0. The maximum atomic E-state index is 5.96. The topological polar surface area (TPSA) is 69.4 Å². The molecule has 0 unspecified atom stereocenters. The van der Waals surface area contributed by atoms with E-state index in [1.807, 2.05) is 12.1 Å². The first-order valence-corrected chi connectivity index (χ1v) is 7.89. The highest BCUT2D eigenvalue weighted by atomic mass is 35.5. The number of hydrogen-bond acceptors (Lipinski definition) is 7. The predicted molar refractivity (Wildman–Crippen MR) is 78.6 cm³/mol. The van der Waals surface area contributed by atoms with Crippen LogP contribution >= 0.6 is 46.5 Å². The molecule has 0 N–H and O–H groups in total. The zero-order valence-electron chi connectivity index (χ0n) is 9.77. The molecular weight excluding hydrogens is 339 g/mol. The van der Waals surface area contributed by atoms with Crippen LogP contribution in [0, 0.1) is 0 Å². The number of rotatable bonds is 4. The fourth-order valence-electron chi connectivity index (χ4n) is 1.43. The van der Waals surface area contributed by atoms with Crippen molar-refractivity contribution < 1.29 is 0 Å². The Hall–Kier alpha value is -1.22. The third-order valence-electron chi connectivity index (χ3n) is 2.36. The molecule has 0 aliphatic heterocycles. The summed E-state index contributed by atoms with van der Waals surface area (Å²) in [5.41, 5.74) is 1.57. The standard InChI is InChI=1S/C10H6Cl2N6S2/c11-6-1-3-7(4-2-6)18-10(14-15-16-18)19-5-8-9(12)20-17-13-8/h1-4H,5H2. The molecule has 2 heterocycles. The Bertz CT molecular complexity index is 711.